The Labute approximate surface area is 153 Å². The molecule has 1 aliphatic heterocycles. The minimum absolute atomic E-state index is 0.0554. The van der Waals surface area contributed by atoms with Crippen LogP contribution in [0.25, 0.3) is 0 Å². The van der Waals surface area contributed by atoms with Crippen LogP contribution in [0.4, 0.5) is 10.5 Å². The second kappa shape index (κ2) is 7.83. The van der Waals surface area contributed by atoms with Gasteiger partial charge in [0.25, 0.3) is 0 Å². The molecule has 4 nitrogen and oxygen atoms in total. The second-order valence-corrected chi connectivity index (χ2v) is 7.32. The van der Waals surface area contributed by atoms with Gasteiger partial charge < -0.3 is 15.0 Å². The molecule has 0 aliphatic carbocycles. The molecule has 0 aromatic heterocycles. The van der Waals surface area contributed by atoms with E-state index in [0.29, 0.717) is 18.0 Å². The van der Waals surface area contributed by atoms with E-state index in [9.17, 15) is 4.79 Å². The van der Waals surface area contributed by atoms with Crippen LogP contribution in [-0.4, -0.2) is 29.8 Å². The number of benzene rings is 2. The summed E-state index contributed by atoms with van der Waals surface area (Å²) in [5.41, 5.74) is 4.39. The normalized spacial score (nSPS) is 16.8. The Kier molecular flexibility index (Phi) is 5.53. The number of para-hydroxylation sites is 2. The van der Waals surface area contributed by atoms with Crippen molar-refractivity contribution in [3.8, 4) is 5.75 Å². The van der Waals surface area contributed by atoms with Gasteiger partial charge in [0, 0.05) is 12.3 Å². The third-order valence-electron chi connectivity index (χ3n) is 4.27. The van der Waals surface area contributed by atoms with Crippen molar-refractivity contribution < 1.29 is 9.53 Å². The number of ether oxygens (including phenoxy) is 1. The van der Waals surface area contributed by atoms with Crippen LogP contribution in [0.1, 0.15) is 29.0 Å². The molecule has 1 atom stereocenters. The molecule has 2 aromatic rings. The molecule has 0 radical (unpaired) electrons. The van der Waals surface area contributed by atoms with Gasteiger partial charge in [0.05, 0.1) is 12.3 Å². The molecular weight excluding hydrogens is 332 g/mol. The van der Waals surface area contributed by atoms with Crippen molar-refractivity contribution in [2.24, 2.45) is 0 Å². The zero-order chi connectivity index (χ0) is 17.8. The van der Waals surface area contributed by atoms with Crippen LogP contribution in [0.5, 0.6) is 5.75 Å². The van der Waals surface area contributed by atoms with Crippen molar-refractivity contribution in [3.05, 3.63) is 59.2 Å². The number of thioether (sulfide) groups is 1. The highest BCUT2D eigenvalue weighted by molar-refractivity contribution is 7.99. The van der Waals surface area contributed by atoms with Crippen molar-refractivity contribution in [2.75, 3.05) is 24.2 Å². The minimum Gasteiger partial charge on any atom is -0.492 e. The zero-order valence-corrected chi connectivity index (χ0v) is 15.7. The SMILES string of the molecule is CCOc1ccccc1NC(=O)N1CCS[C@@H]1c1ccc(C)cc1C. The number of carbonyl (C=O) groups excluding carboxylic acids is 1. The van der Waals surface area contributed by atoms with E-state index in [1.807, 2.05) is 47.9 Å². The fourth-order valence-corrected chi connectivity index (χ4v) is 4.43. The fourth-order valence-electron chi connectivity index (χ4n) is 3.08. The summed E-state index contributed by atoms with van der Waals surface area (Å²) in [6.07, 6.45) is 0. The van der Waals surface area contributed by atoms with E-state index in [-0.39, 0.29) is 11.4 Å². The number of rotatable bonds is 4. The van der Waals surface area contributed by atoms with Crippen molar-refractivity contribution in [2.45, 2.75) is 26.1 Å². The van der Waals surface area contributed by atoms with Crippen LogP contribution in [0, 0.1) is 13.8 Å². The molecule has 1 saturated heterocycles. The summed E-state index contributed by atoms with van der Waals surface area (Å²) in [6.45, 7) is 7.45. The fraction of sp³-hybridized carbons (Fsp3) is 0.350. The number of nitrogens with zero attached hydrogens (tertiary/aromatic N) is 1. The Bertz CT molecular complexity index is 763. The first-order valence-corrected chi connectivity index (χ1v) is 9.63. The van der Waals surface area contributed by atoms with Gasteiger partial charge in [-0.05, 0) is 44.0 Å². The molecule has 132 valence electrons. The van der Waals surface area contributed by atoms with Crippen LogP contribution in [0.2, 0.25) is 0 Å². The van der Waals surface area contributed by atoms with E-state index in [2.05, 4.69) is 37.4 Å². The van der Waals surface area contributed by atoms with Gasteiger partial charge in [-0.15, -0.1) is 11.8 Å². The number of hydrogen-bond acceptors (Lipinski definition) is 3. The summed E-state index contributed by atoms with van der Waals surface area (Å²) in [4.78, 5) is 14.8. The molecule has 25 heavy (non-hydrogen) atoms. The highest BCUT2D eigenvalue weighted by atomic mass is 32.2. The van der Waals surface area contributed by atoms with Crippen LogP contribution < -0.4 is 10.1 Å². The average molecular weight is 356 g/mol. The number of anilines is 1. The van der Waals surface area contributed by atoms with E-state index in [1.165, 1.54) is 16.7 Å². The topological polar surface area (TPSA) is 41.6 Å². The Morgan fingerprint density at radius 3 is 2.84 bits per heavy atom. The number of urea groups is 1. The van der Waals surface area contributed by atoms with Gasteiger partial charge in [0.15, 0.2) is 0 Å². The summed E-state index contributed by atoms with van der Waals surface area (Å²) in [7, 11) is 0. The molecule has 0 unspecified atom stereocenters. The lowest BCUT2D eigenvalue weighted by Gasteiger charge is -2.26. The number of aryl methyl sites for hydroxylation is 2. The molecule has 5 heteroatoms. The molecule has 0 spiro atoms. The molecule has 1 fully saturated rings. The van der Waals surface area contributed by atoms with Gasteiger partial charge in [0.2, 0.25) is 0 Å². The smallest absolute Gasteiger partial charge is 0.323 e. The average Bonchev–Trinajstić information content (AvgIpc) is 3.06. The molecule has 2 amide bonds. The van der Waals surface area contributed by atoms with Crippen LogP contribution in [0.3, 0.4) is 0 Å². The van der Waals surface area contributed by atoms with Crippen LogP contribution in [-0.2, 0) is 0 Å². The van der Waals surface area contributed by atoms with Crippen molar-refractivity contribution >= 4 is 23.5 Å². The predicted octanol–water partition coefficient (Wildman–Crippen LogP) is 4.98. The van der Waals surface area contributed by atoms with Gasteiger partial charge in [-0.2, -0.15) is 0 Å². The number of nitrogens with one attached hydrogen (secondary N) is 1. The quantitative estimate of drug-likeness (QED) is 0.840. The summed E-state index contributed by atoms with van der Waals surface area (Å²) in [6, 6.07) is 13.9. The number of hydrogen-bond donors (Lipinski definition) is 1. The molecule has 3 rings (SSSR count). The highest BCUT2D eigenvalue weighted by Gasteiger charge is 2.31. The van der Waals surface area contributed by atoms with E-state index in [0.717, 1.165) is 12.3 Å². The van der Waals surface area contributed by atoms with E-state index in [4.69, 9.17) is 4.74 Å². The van der Waals surface area contributed by atoms with E-state index in [1.54, 1.807) is 0 Å². The Morgan fingerprint density at radius 1 is 1.28 bits per heavy atom. The molecular formula is C20H24N2O2S. The maximum atomic E-state index is 12.9. The summed E-state index contributed by atoms with van der Waals surface area (Å²) < 4.78 is 5.61. The third-order valence-corrected chi connectivity index (χ3v) is 5.51. The first-order valence-electron chi connectivity index (χ1n) is 8.58. The van der Waals surface area contributed by atoms with Gasteiger partial charge in [-0.3, -0.25) is 0 Å². The van der Waals surface area contributed by atoms with Crippen LogP contribution in [0.15, 0.2) is 42.5 Å². The van der Waals surface area contributed by atoms with Gasteiger partial charge >= 0.3 is 6.03 Å². The maximum Gasteiger partial charge on any atom is 0.323 e. The predicted molar refractivity (Wildman–Crippen MR) is 104 cm³/mol. The number of amides is 2. The first-order chi connectivity index (χ1) is 12.1. The molecule has 0 bridgehead atoms. The standard InChI is InChI=1S/C20H24N2O2S/c1-4-24-18-8-6-5-7-17(18)21-20(23)22-11-12-25-19(22)16-10-9-14(2)13-15(16)3/h5-10,13,19H,4,11-12H2,1-3H3,(H,21,23)/t19-/m1/s1. The van der Waals surface area contributed by atoms with Crippen molar-refractivity contribution in [1.29, 1.82) is 0 Å². The Morgan fingerprint density at radius 2 is 2.08 bits per heavy atom. The Balaban J connectivity index is 1.79. The third kappa shape index (κ3) is 3.93. The lowest BCUT2D eigenvalue weighted by Crippen LogP contribution is -2.34. The Hall–Kier alpha value is -2.14. The zero-order valence-electron chi connectivity index (χ0n) is 14.9. The maximum absolute atomic E-state index is 12.9. The summed E-state index contributed by atoms with van der Waals surface area (Å²) >= 11 is 1.81. The van der Waals surface area contributed by atoms with E-state index >= 15 is 0 Å². The second-order valence-electron chi connectivity index (χ2n) is 6.14. The lowest BCUT2D eigenvalue weighted by molar-refractivity contribution is 0.214. The molecule has 1 N–H and O–H groups in total. The van der Waals surface area contributed by atoms with Gasteiger partial charge in [0.1, 0.15) is 11.1 Å². The van der Waals surface area contributed by atoms with Gasteiger partial charge in [-0.1, -0.05) is 35.9 Å². The largest absolute Gasteiger partial charge is 0.492 e. The van der Waals surface area contributed by atoms with Crippen molar-refractivity contribution in [1.82, 2.24) is 4.90 Å². The lowest BCUT2D eigenvalue weighted by atomic mass is 10.1. The summed E-state index contributed by atoms with van der Waals surface area (Å²) in [5.74, 6) is 1.65. The van der Waals surface area contributed by atoms with E-state index < -0.39 is 0 Å². The summed E-state index contributed by atoms with van der Waals surface area (Å²) in [5, 5.41) is 3.07. The molecule has 1 heterocycles. The molecule has 0 saturated carbocycles. The minimum atomic E-state index is -0.0814. The van der Waals surface area contributed by atoms with Gasteiger partial charge in [-0.25, -0.2) is 4.79 Å². The van der Waals surface area contributed by atoms with Crippen molar-refractivity contribution in [3.63, 3.8) is 0 Å². The highest BCUT2D eigenvalue weighted by Crippen LogP contribution is 2.40. The molecule has 1 aliphatic rings. The van der Waals surface area contributed by atoms with Crippen LogP contribution >= 0.6 is 11.8 Å². The molecule has 2 aromatic carbocycles. The monoisotopic (exact) mass is 356 g/mol. The number of carbonyl (C=O) groups is 1. The first kappa shape index (κ1) is 17.7.